The van der Waals surface area contributed by atoms with E-state index in [1.807, 2.05) is 0 Å². The first kappa shape index (κ1) is 15.3. The van der Waals surface area contributed by atoms with Crippen LogP contribution in [0.25, 0.3) is 27.6 Å². The van der Waals surface area contributed by atoms with Crippen LogP contribution < -0.4 is 0 Å². The molecule has 1 aliphatic rings. The average Bonchev–Trinajstić information content (AvgIpc) is 3.09. The zero-order valence-corrected chi connectivity index (χ0v) is 13.4. The normalized spacial score (nSPS) is 11.7. The van der Waals surface area contributed by atoms with Crippen molar-refractivity contribution >= 4 is 28.0 Å². The van der Waals surface area contributed by atoms with E-state index in [2.05, 4.69) is 87.6 Å². The second-order valence-electron chi connectivity index (χ2n) is 5.06. The topological polar surface area (TPSA) is 33.1 Å². The van der Waals surface area contributed by atoms with Crippen molar-refractivity contribution in [3.8, 4) is 5.82 Å². The van der Waals surface area contributed by atoms with Crippen LogP contribution in [0, 0.1) is 0 Å². The van der Waals surface area contributed by atoms with Gasteiger partial charge in [-0.2, -0.15) is 0 Å². The Morgan fingerprint density at radius 1 is 0.913 bits per heavy atom. The van der Waals surface area contributed by atoms with Gasteiger partial charge in [-0.25, -0.2) is 0 Å². The minimum Gasteiger partial charge on any atom is -0.394 e. The van der Waals surface area contributed by atoms with Crippen LogP contribution in [-0.2, 0) is 17.1 Å². The quantitative estimate of drug-likeness (QED) is 0.389. The molecule has 4 aromatic rings. The maximum atomic E-state index is 3.49. The van der Waals surface area contributed by atoms with Gasteiger partial charge in [0.15, 0.2) is 0 Å². The Balaban J connectivity index is 0.000000276. The van der Waals surface area contributed by atoms with Gasteiger partial charge in [0.1, 0.15) is 5.82 Å². The Kier molecular flexibility index (Phi) is 4.47. The maximum Gasteiger partial charge on any atom is 0.115 e. The number of nitrogens with zero attached hydrogens (tertiary/aromatic N) is 2. The number of fused-ring (bicyclic) bond motifs is 2. The number of aromatic amines is 1. The SMILES string of the molecule is [C-]1=NC=C1.[Fe].c1ccc2[nH]c(-n3ccc4ccccc43)cc2c1. The monoisotopic (exact) mass is 340 g/mol. The molecule has 0 unspecified atom stereocenters. The molecule has 0 bridgehead atoms. The number of aliphatic imine (C=N–C) groups is 1. The van der Waals surface area contributed by atoms with Crippen LogP contribution in [0.1, 0.15) is 0 Å². The van der Waals surface area contributed by atoms with Crippen molar-refractivity contribution in [3.63, 3.8) is 0 Å². The third kappa shape index (κ3) is 3.00. The number of hydrogen-bond acceptors (Lipinski definition) is 1. The minimum atomic E-state index is 0. The standard InChI is InChI=1S/C16H12N2.C3H2N.Fe/c1-3-7-14-13(6-1)11-16(17-14)18-10-9-12-5-2-4-8-15(12)18;1-2-4-3-1;/h1-11,17H;1-2H;/q;-1;. The van der Waals surface area contributed by atoms with E-state index in [9.17, 15) is 0 Å². The molecule has 0 aliphatic carbocycles. The molecule has 5 rings (SSSR count). The molecule has 2 aromatic carbocycles. The first-order chi connectivity index (χ1) is 10.9. The van der Waals surface area contributed by atoms with Crippen molar-refractivity contribution in [3.05, 3.63) is 79.1 Å². The molecule has 1 aliphatic heterocycles. The second-order valence-corrected chi connectivity index (χ2v) is 5.06. The number of para-hydroxylation sites is 2. The fourth-order valence-corrected chi connectivity index (χ4v) is 2.56. The summed E-state index contributed by atoms with van der Waals surface area (Å²) in [6.45, 7) is 0. The summed E-state index contributed by atoms with van der Waals surface area (Å²) in [5.41, 5.74) is 2.40. The van der Waals surface area contributed by atoms with E-state index in [1.54, 1.807) is 12.3 Å². The fraction of sp³-hybridized carbons (Fsp3) is 0. The van der Waals surface area contributed by atoms with E-state index < -0.39 is 0 Å². The molecule has 0 saturated heterocycles. The van der Waals surface area contributed by atoms with Crippen LogP contribution in [0.5, 0.6) is 0 Å². The van der Waals surface area contributed by atoms with Crippen molar-refractivity contribution in [2.75, 3.05) is 0 Å². The molecular formula is C19H14FeN3-. The summed E-state index contributed by atoms with van der Waals surface area (Å²) in [5, 5.41) is 2.50. The van der Waals surface area contributed by atoms with Crippen LogP contribution >= 0.6 is 0 Å². The maximum absolute atomic E-state index is 3.49. The molecule has 114 valence electrons. The predicted molar refractivity (Wildman–Crippen MR) is 91.7 cm³/mol. The number of nitrogens with one attached hydrogen (secondary N) is 1. The molecular weight excluding hydrogens is 326 g/mol. The van der Waals surface area contributed by atoms with Gasteiger partial charge < -0.3 is 14.5 Å². The van der Waals surface area contributed by atoms with Gasteiger partial charge in [-0.1, -0.05) is 48.8 Å². The Labute approximate surface area is 144 Å². The fourth-order valence-electron chi connectivity index (χ4n) is 2.56. The summed E-state index contributed by atoms with van der Waals surface area (Å²) < 4.78 is 2.19. The molecule has 0 fully saturated rings. The minimum absolute atomic E-state index is 0. The molecule has 1 N–H and O–H groups in total. The van der Waals surface area contributed by atoms with Gasteiger partial charge in [0, 0.05) is 34.2 Å². The van der Waals surface area contributed by atoms with Crippen LogP contribution in [0.4, 0.5) is 0 Å². The number of H-pyrrole nitrogens is 1. The summed E-state index contributed by atoms with van der Waals surface area (Å²) in [7, 11) is 0. The predicted octanol–water partition coefficient (Wildman–Crippen LogP) is 4.57. The third-order valence-corrected chi connectivity index (χ3v) is 3.67. The van der Waals surface area contributed by atoms with E-state index in [0.717, 1.165) is 5.82 Å². The summed E-state index contributed by atoms with van der Waals surface area (Å²) >= 11 is 0. The number of aromatic nitrogens is 2. The molecule has 23 heavy (non-hydrogen) atoms. The molecule has 2 aromatic heterocycles. The first-order valence-electron chi connectivity index (χ1n) is 7.16. The molecule has 0 radical (unpaired) electrons. The summed E-state index contributed by atoms with van der Waals surface area (Å²) in [6.07, 6.45) is 8.12. The Morgan fingerprint density at radius 2 is 1.57 bits per heavy atom. The van der Waals surface area contributed by atoms with E-state index >= 15 is 0 Å². The van der Waals surface area contributed by atoms with Gasteiger partial charge >= 0.3 is 0 Å². The van der Waals surface area contributed by atoms with Gasteiger partial charge in [-0.3, -0.25) is 0 Å². The van der Waals surface area contributed by atoms with Crippen molar-refractivity contribution in [2.24, 2.45) is 4.99 Å². The number of hydrogen-bond donors (Lipinski definition) is 1. The molecule has 0 atom stereocenters. The Morgan fingerprint density at radius 3 is 2.26 bits per heavy atom. The van der Waals surface area contributed by atoms with Crippen LogP contribution in [-0.4, -0.2) is 15.8 Å². The zero-order chi connectivity index (χ0) is 14.8. The smallest absolute Gasteiger partial charge is 0.115 e. The first-order valence-corrected chi connectivity index (χ1v) is 7.16. The third-order valence-electron chi connectivity index (χ3n) is 3.67. The van der Waals surface area contributed by atoms with E-state index in [4.69, 9.17) is 0 Å². The number of allylic oxidation sites excluding steroid dienone is 1. The van der Waals surface area contributed by atoms with Gasteiger partial charge in [0.05, 0.1) is 5.52 Å². The van der Waals surface area contributed by atoms with Gasteiger partial charge in [-0.15, -0.1) is 6.08 Å². The number of benzene rings is 2. The van der Waals surface area contributed by atoms with Crippen LogP contribution in [0.3, 0.4) is 0 Å². The summed E-state index contributed by atoms with van der Waals surface area (Å²) in [6, 6.07) is 21.1. The van der Waals surface area contributed by atoms with Crippen molar-refractivity contribution < 1.29 is 17.1 Å². The van der Waals surface area contributed by atoms with E-state index in [1.165, 1.54) is 21.8 Å². The van der Waals surface area contributed by atoms with Crippen LogP contribution in [0.15, 0.2) is 84.1 Å². The van der Waals surface area contributed by atoms with Gasteiger partial charge in [0.2, 0.25) is 0 Å². The van der Waals surface area contributed by atoms with Gasteiger partial charge in [0.25, 0.3) is 0 Å². The summed E-state index contributed by atoms with van der Waals surface area (Å²) in [4.78, 5) is 6.94. The second kappa shape index (κ2) is 6.69. The largest absolute Gasteiger partial charge is 0.394 e. The van der Waals surface area contributed by atoms with Crippen LogP contribution in [0.2, 0.25) is 0 Å². The summed E-state index contributed by atoms with van der Waals surface area (Å²) in [5.74, 6) is 1.11. The molecule has 0 amide bonds. The molecule has 0 spiro atoms. The van der Waals surface area contributed by atoms with E-state index in [0.29, 0.717) is 0 Å². The molecule has 3 nitrogen and oxygen atoms in total. The van der Waals surface area contributed by atoms with Crippen molar-refractivity contribution in [1.82, 2.24) is 9.55 Å². The molecule has 0 saturated carbocycles. The Hall–Kier alpha value is -2.55. The number of rotatable bonds is 1. The van der Waals surface area contributed by atoms with Crippen molar-refractivity contribution in [2.45, 2.75) is 0 Å². The average molecular weight is 340 g/mol. The van der Waals surface area contributed by atoms with Gasteiger partial charge in [-0.05, 0) is 29.7 Å². The molecule has 4 heteroatoms. The zero-order valence-electron chi connectivity index (χ0n) is 12.3. The van der Waals surface area contributed by atoms with E-state index in [-0.39, 0.29) is 17.1 Å². The Bertz CT molecular complexity index is 941. The van der Waals surface area contributed by atoms with Crippen molar-refractivity contribution in [1.29, 1.82) is 0 Å². The molecule has 3 heterocycles.